The van der Waals surface area contributed by atoms with Crippen molar-refractivity contribution in [2.75, 3.05) is 12.1 Å². The van der Waals surface area contributed by atoms with Crippen LogP contribution in [0.1, 0.15) is 6.92 Å². The molecule has 5 nitrogen and oxygen atoms in total. The summed E-state index contributed by atoms with van der Waals surface area (Å²) in [5.74, 6) is 0.764. The van der Waals surface area contributed by atoms with E-state index < -0.39 is 0 Å². The maximum Gasteiger partial charge on any atom is 0.144 e. The Kier molecular flexibility index (Phi) is 3.17. The molecule has 2 N–H and O–H groups in total. The lowest BCUT2D eigenvalue weighted by molar-refractivity contribution is 0.415. The van der Waals surface area contributed by atoms with Gasteiger partial charge in [0.25, 0.3) is 0 Å². The Bertz CT molecular complexity index is 350. The normalized spacial score (nSPS) is 9.29. The first-order chi connectivity index (χ1) is 6.70. The zero-order valence-electron chi connectivity index (χ0n) is 8.11. The quantitative estimate of drug-likeness (QED) is 0.334. The Morgan fingerprint density at radius 2 is 2.07 bits per heavy atom. The Morgan fingerprint density at radius 1 is 1.43 bits per heavy atom. The van der Waals surface area contributed by atoms with Gasteiger partial charge in [-0.3, -0.25) is 5.41 Å². The van der Waals surface area contributed by atoms with Crippen molar-refractivity contribution in [2.24, 2.45) is 5.22 Å². The van der Waals surface area contributed by atoms with Crippen LogP contribution in [0.3, 0.4) is 0 Å². The fourth-order valence-corrected chi connectivity index (χ4v) is 1.11. The van der Waals surface area contributed by atoms with E-state index in [1.807, 2.05) is 6.07 Å². The lowest BCUT2D eigenvalue weighted by Crippen LogP contribution is -2.21. The fraction of sp³-hybridized carbons (Fsp3) is 0.222. The van der Waals surface area contributed by atoms with Crippen LogP contribution in [0.25, 0.3) is 0 Å². The highest BCUT2D eigenvalue weighted by molar-refractivity contribution is 5.94. The minimum Gasteiger partial charge on any atom is -0.494 e. The number of hydrogen-bond donors (Lipinski definition) is 2. The predicted molar refractivity (Wildman–Crippen MR) is 54.0 cm³/mol. The van der Waals surface area contributed by atoms with E-state index in [-0.39, 0.29) is 5.84 Å². The van der Waals surface area contributed by atoms with E-state index in [1.54, 1.807) is 32.2 Å². The molecule has 0 atom stereocenters. The average molecular weight is 192 g/mol. The summed E-state index contributed by atoms with van der Waals surface area (Å²) in [5, 5.41) is 11.9. The highest BCUT2D eigenvalue weighted by Gasteiger charge is 2.11. The number of methoxy groups -OCH3 is 1. The summed E-state index contributed by atoms with van der Waals surface area (Å²) >= 11 is 0. The Hall–Kier alpha value is -1.91. The van der Waals surface area contributed by atoms with Crippen molar-refractivity contribution in [2.45, 2.75) is 6.92 Å². The zero-order valence-corrected chi connectivity index (χ0v) is 8.11. The molecule has 0 unspecified atom stereocenters. The third kappa shape index (κ3) is 1.87. The van der Waals surface area contributed by atoms with Gasteiger partial charge < -0.3 is 4.74 Å². The predicted octanol–water partition coefficient (Wildman–Crippen LogP) is 2.44. The summed E-state index contributed by atoms with van der Waals surface area (Å²) in [6, 6.07) is 7.13. The first-order valence-electron chi connectivity index (χ1n) is 4.06. The van der Waals surface area contributed by atoms with Crippen LogP contribution in [0.5, 0.6) is 5.75 Å². The monoisotopic (exact) mass is 192 g/mol. The summed E-state index contributed by atoms with van der Waals surface area (Å²) in [6.45, 7) is 1.56. The number of rotatable bonds is 3. The molecule has 0 aliphatic carbocycles. The lowest BCUT2D eigenvalue weighted by Gasteiger charge is -2.17. The average Bonchev–Trinajstić information content (AvgIpc) is 2.19. The van der Waals surface area contributed by atoms with Crippen LogP contribution in [0.2, 0.25) is 0 Å². The molecule has 5 heteroatoms. The SMILES string of the molecule is COc1ccccc1N(N=N)C(C)=N. The van der Waals surface area contributed by atoms with Gasteiger partial charge in [-0.1, -0.05) is 17.4 Å². The maximum absolute atomic E-state index is 7.42. The highest BCUT2D eigenvalue weighted by atomic mass is 16.5. The molecule has 0 aromatic heterocycles. The van der Waals surface area contributed by atoms with Crippen molar-refractivity contribution in [1.29, 1.82) is 10.9 Å². The van der Waals surface area contributed by atoms with Crippen LogP contribution >= 0.6 is 0 Å². The number of anilines is 1. The molecule has 0 bridgehead atoms. The Morgan fingerprint density at radius 3 is 2.57 bits per heavy atom. The van der Waals surface area contributed by atoms with Gasteiger partial charge in [0.1, 0.15) is 17.3 Å². The lowest BCUT2D eigenvalue weighted by atomic mass is 10.3. The largest absolute Gasteiger partial charge is 0.494 e. The summed E-state index contributed by atoms with van der Waals surface area (Å²) in [5.41, 5.74) is 7.55. The summed E-state index contributed by atoms with van der Waals surface area (Å²) < 4.78 is 5.10. The van der Waals surface area contributed by atoms with Crippen molar-refractivity contribution in [3.05, 3.63) is 24.3 Å². The number of ether oxygens (including phenoxy) is 1. The Labute approximate surface area is 82.3 Å². The van der Waals surface area contributed by atoms with Gasteiger partial charge in [0.15, 0.2) is 0 Å². The van der Waals surface area contributed by atoms with Gasteiger partial charge in [-0.15, -0.1) is 0 Å². The molecule has 0 radical (unpaired) electrons. The first kappa shape index (κ1) is 10.2. The molecular formula is C9H12N4O. The first-order valence-corrected chi connectivity index (χ1v) is 4.06. The molecule has 74 valence electrons. The van der Waals surface area contributed by atoms with E-state index in [4.69, 9.17) is 15.7 Å². The number of nitrogens with zero attached hydrogens (tertiary/aromatic N) is 2. The van der Waals surface area contributed by atoms with Crippen molar-refractivity contribution in [3.63, 3.8) is 0 Å². The second-order valence-corrected chi connectivity index (χ2v) is 2.67. The van der Waals surface area contributed by atoms with Crippen molar-refractivity contribution < 1.29 is 4.74 Å². The van der Waals surface area contributed by atoms with Crippen LogP contribution in [0.4, 0.5) is 5.69 Å². The van der Waals surface area contributed by atoms with Crippen LogP contribution in [0.15, 0.2) is 29.5 Å². The molecular weight excluding hydrogens is 180 g/mol. The molecule has 0 spiro atoms. The summed E-state index contributed by atoms with van der Waals surface area (Å²) in [7, 11) is 1.54. The highest BCUT2D eigenvalue weighted by Crippen LogP contribution is 2.27. The molecule has 0 aliphatic heterocycles. The Balaban J connectivity index is 3.15. The molecule has 0 fully saturated rings. The topological polar surface area (TPSA) is 72.5 Å². The van der Waals surface area contributed by atoms with Crippen LogP contribution in [-0.4, -0.2) is 12.9 Å². The van der Waals surface area contributed by atoms with Gasteiger partial charge in [-0.25, -0.2) is 0 Å². The van der Waals surface area contributed by atoms with Crippen molar-refractivity contribution in [1.82, 2.24) is 0 Å². The van der Waals surface area contributed by atoms with E-state index in [9.17, 15) is 0 Å². The van der Waals surface area contributed by atoms with Crippen LogP contribution in [-0.2, 0) is 0 Å². The number of amidine groups is 1. The molecule has 0 saturated carbocycles. The minimum absolute atomic E-state index is 0.171. The van der Waals surface area contributed by atoms with Gasteiger partial charge in [0.05, 0.1) is 7.11 Å². The van der Waals surface area contributed by atoms with Crippen molar-refractivity contribution >= 4 is 11.5 Å². The molecule has 1 aromatic carbocycles. The van der Waals surface area contributed by atoms with Gasteiger partial charge >= 0.3 is 0 Å². The molecule has 0 heterocycles. The van der Waals surface area contributed by atoms with Crippen LogP contribution in [0, 0.1) is 10.9 Å². The van der Waals surface area contributed by atoms with E-state index in [0.717, 1.165) is 0 Å². The zero-order chi connectivity index (χ0) is 10.6. The van der Waals surface area contributed by atoms with E-state index in [1.165, 1.54) is 5.01 Å². The third-order valence-corrected chi connectivity index (χ3v) is 1.73. The van der Waals surface area contributed by atoms with Crippen molar-refractivity contribution in [3.8, 4) is 5.75 Å². The number of para-hydroxylation sites is 2. The van der Waals surface area contributed by atoms with Gasteiger partial charge in [0, 0.05) is 0 Å². The number of nitrogens with one attached hydrogen (secondary N) is 2. The summed E-state index contributed by atoms with van der Waals surface area (Å²) in [6.07, 6.45) is 0. The number of hydrogen-bond acceptors (Lipinski definition) is 4. The van der Waals surface area contributed by atoms with Gasteiger partial charge in [-0.05, 0) is 19.1 Å². The molecule has 1 aromatic rings. The molecule has 0 amide bonds. The van der Waals surface area contributed by atoms with E-state index in [0.29, 0.717) is 11.4 Å². The second kappa shape index (κ2) is 4.36. The summed E-state index contributed by atoms with van der Waals surface area (Å²) in [4.78, 5) is 0. The molecule has 0 aliphatic rings. The number of benzene rings is 1. The van der Waals surface area contributed by atoms with E-state index >= 15 is 0 Å². The second-order valence-electron chi connectivity index (χ2n) is 2.67. The minimum atomic E-state index is 0.171. The molecule has 0 saturated heterocycles. The van der Waals surface area contributed by atoms with E-state index in [2.05, 4.69) is 5.22 Å². The van der Waals surface area contributed by atoms with Crippen LogP contribution < -0.4 is 9.75 Å². The molecule has 1 rings (SSSR count). The standard InChI is InChI=1S/C9H12N4O/c1-7(10)13(12-11)8-5-3-4-6-9(8)14-2/h3-6,10-11H,1-2H3. The van der Waals surface area contributed by atoms with Gasteiger partial charge in [0.2, 0.25) is 0 Å². The van der Waals surface area contributed by atoms with Gasteiger partial charge in [-0.2, -0.15) is 10.5 Å². The fourth-order valence-electron chi connectivity index (χ4n) is 1.11. The molecule has 14 heavy (non-hydrogen) atoms. The third-order valence-electron chi connectivity index (χ3n) is 1.73. The maximum atomic E-state index is 7.42. The smallest absolute Gasteiger partial charge is 0.144 e.